The van der Waals surface area contributed by atoms with Crippen LogP contribution in [0.3, 0.4) is 0 Å². The third kappa shape index (κ3) is 4.08. The Labute approximate surface area is 57.2 Å². The molecule has 0 saturated heterocycles. The number of rotatable bonds is 2. The minimum absolute atomic E-state index is 0. The molecule has 0 aliphatic carbocycles. The summed E-state index contributed by atoms with van der Waals surface area (Å²) in [6, 6.07) is -1.13. The molecule has 1 radical (unpaired) electrons. The molecular formula is C3H7CuNO3. The summed E-state index contributed by atoms with van der Waals surface area (Å²) in [6.07, 6.45) is 0. The van der Waals surface area contributed by atoms with Crippen LogP contribution >= 0.6 is 0 Å². The topological polar surface area (TPSA) is 83.5 Å². The SMILES string of the molecule is N[C@@H](CO)C(=O)O.[Cu]. The first-order valence-corrected chi connectivity index (χ1v) is 1.77. The third-order valence-electron chi connectivity index (χ3n) is 0.514. The van der Waals surface area contributed by atoms with Crippen molar-refractivity contribution in [3.05, 3.63) is 0 Å². The Morgan fingerprint density at radius 1 is 1.75 bits per heavy atom. The number of aliphatic hydroxyl groups is 1. The first-order valence-electron chi connectivity index (χ1n) is 1.77. The zero-order valence-corrected chi connectivity index (χ0v) is 4.91. The minimum Gasteiger partial charge on any atom is -0.480 e. The maximum absolute atomic E-state index is 9.65. The normalized spacial score (nSPS) is 11.8. The van der Waals surface area contributed by atoms with Crippen molar-refractivity contribution >= 4 is 5.97 Å². The van der Waals surface area contributed by atoms with Crippen molar-refractivity contribution < 1.29 is 32.1 Å². The van der Waals surface area contributed by atoms with Gasteiger partial charge in [0.1, 0.15) is 6.04 Å². The monoisotopic (exact) mass is 168 g/mol. The van der Waals surface area contributed by atoms with Gasteiger partial charge < -0.3 is 15.9 Å². The van der Waals surface area contributed by atoms with Crippen molar-refractivity contribution in [2.75, 3.05) is 6.61 Å². The van der Waals surface area contributed by atoms with Gasteiger partial charge in [0.05, 0.1) is 6.61 Å². The van der Waals surface area contributed by atoms with Gasteiger partial charge in [-0.05, 0) is 0 Å². The summed E-state index contributed by atoms with van der Waals surface area (Å²) >= 11 is 0. The van der Waals surface area contributed by atoms with Crippen LogP contribution in [0.25, 0.3) is 0 Å². The summed E-state index contributed by atoms with van der Waals surface area (Å²) in [7, 11) is 0. The number of carboxylic acids is 1. The maximum Gasteiger partial charge on any atom is 0.322 e. The number of hydrogen-bond acceptors (Lipinski definition) is 3. The van der Waals surface area contributed by atoms with Gasteiger partial charge in [-0.25, -0.2) is 0 Å². The van der Waals surface area contributed by atoms with E-state index in [4.69, 9.17) is 15.9 Å². The fourth-order valence-electron chi connectivity index (χ4n) is 0.0781. The van der Waals surface area contributed by atoms with Crippen LogP contribution in [0.5, 0.6) is 0 Å². The molecule has 53 valence electrons. The molecule has 0 unspecified atom stereocenters. The molecule has 0 aliphatic rings. The van der Waals surface area contributed by atoms with Crippen molar-refractivity contribution in [1.29, 1.82) is 0 Å². The van der Waals surface area contributed by atoms with Crippen LogP contribution < -0.4 is 5.73 Å². The molecule has 0 saturated carbocycles. The number of carboxylic acid groups (broad SMARTS) is 1. The molecule has 0 amide bonds. The predicted molar refractivity (Wildman–Crippen MR) is 22.7 cm³/mol. The summed E-state index contributed by atoms with van der Waals surface area (Å²) in [5.74, 6) is -1.18. The van der Waals surface area contributed by atoms with Crippen LogP contribution in [0.4, 0.5) is 0 Å². The zero-order chi connectivity index (χ0) is 5.86. The molecule has 0 fully saturated rings. The molecule has 0 rings (SSSR count). The minimum atomic E-state index is -1.18. The van der Waals surface area contributed by atoms with Crippen LogP contribution in [-0.2, 0) is 21.9 Å². The quantitative estimate of drug-likeness (QED) is 0.433. The summed E-state index contributed by atoms with van der Waals surface area (Å²) in [4.78, 5) is 9.65. The van der Waals surface area contributed by atoms with E-state index in [0.29, 0.717) is 0 Å². The number of aliphatic carboxylic acids is 1. The van der Waals surface area contributed by atoms with Crippen molar-refractivity contribution in [3.8, 4) is 0 Å². The number of carbonyl (C=O) groups is 1. The molecule has 0 aliphatic heterocycles. The van der Waals surface area contributed by atoms with E-state index in [-0.39, 0.29) is 17.1 Å². The molecule has 0 aromatic heterocycles. The molecule has 0 bridgehead atoms. The molecule has 4 nitrogen and oxygen atoms in total. The van der Waals surface area contributed by atoms with Gasteiger partial charge in [-0.15, -0.1) is 0 Å². The van der Waals surface area contributed by atoms with Crippen molar-refractivity contribution in [2.24, 2.45) is 5.73 Å². The largest absolute Gasteiger partial charge is 0.480 e. The Balaban J connectivity index is 0. The van der Waals surface area contributed by atoms with Crippen LogP contribution in [0.1, 0.15) is 0 Å². The van der Waals surface area contributed by atoms with Gasteiger partial charge in [-0.1, -0.05) is 0 Å². The summed E-state index contributed by atoms with van der Waals surface area (Å²) in [5.41, 5.74) is 4.77. The smallest absolute Gasteiger partial charge is 0.322 e. The Bertz CT molecular complexity index is 76.9. The fourth-order valence-corrected chi connectivity index (χ4v) is 0.0781. The van der Waals surface area contributed by atoms with Crippen LogP contribution in [0, 0.1) is 0 Å². The summed E-state index contributed by atoms with van der Waals surface area (Å²) in [6.45, 7) is -0.505. The molecular weight excluding hydrogens is 162 g/mol. The van der Waals surface area contributed by atoms with Crippen molar-refractivity contribution in [1.82, 2.24) is 0 Å². The average Bonchev–Trinajstić information content (AvgIpc) is 1.65. The molecule has 1 atom stereocenters. The van der Waals surface area contributed by atoms with E-state index in [1.54, 1.807) is 0 Å². The molecule has 0 aromatic rings. The van der Waals surface area contributed by atoms with Gasteiger partial charge >= 0.3 is 5.97 Å². The number of hydrogen-bond donors (Lipinski definition) is 3. The van der Waals surface area contributed by atoms with Crippen LogP contribution in [0.2, 0.25) is 0 Å². The fraction of sp³-hybridized carbons (Fsp3) is 0.667. The van der Waals surface area contributed by atoms with Crippen LogP contribution in [0.15, 0.2) is 0 Å². The third-order valence-corrected chi connectivity index (χ3v) is 0.514. The van der Waals surface area contributed by atoms with E-state index >= 15 is 0 Å². The second-order valence-electron chi connectivity index (χ2n) is 1.13. The zero-order valence-electron chi connectivity index (χ0n) is 3.97. The Kier molecular flexibility index (Phi) is 6.83. The summed E-state index contributed by atoms with van der Waals surface area (Å²) in [5, 5.41) is 15.9. The molecule has 8 heavy (non-hydrogen) atoms. The van der Waals surface area contributed by atoms with Gasteiger partial charge in [0.25, 0.3) is 0 Å². The molecule has 0 heterocycles. The predicted octanol–water partition coefficient (Wildman–Crippen LogP) is -1.61. The number of aliphatic hydroxyl groups excluding tert-OH is 1. The van der Waals surface area contributed by atoms with Crippen LogP contribution in [-0.4, -0.2) is 28.8 Å². The average molecular weight is 169 g/mol. The van der Waals surface area contributed by atoms with E-state index in [1.165, 1.54) is 0 Å². The van der Waals surface area contributed by atoms with E-state index in [0.717, 1.165) is 0 Å². The first kappa shape index (κ1) is 10.8. The molecule has 0 aromatic carbocycles. The Morgan fingerprint density at radius 2 is 2.12 bits per heavy atom. The van der Waals surface area contributed by atoms with E-state index in [1.807, 2.05) is 0 Å². The van der Waals surface area contributed by atoms with Gasteiger partial charge in [-0.2, -0.15) is 0 Å². The second kappa shape index (κ2) is 5.05. The van der Waals surface area contributed by atoms with E-state index in [9.17, 15) is 4.79 Å². The van der Waals surface area contributed by atoms with Crippen molar-refractivity contribution in [3.63, 3.8) is 0 Å². The molecule has 0 spiro atoms. The second-order valence-corrected chi connectivity index (χ2v) is 1.13. The number of nitrogens with two attached hydrogens (primary N) is 1. The first-order chi connectivity index (χ1) is 3.18. The van der Waals surface area contributed by atoms with Gasteiger partial charge in [0.2, 0.25) is 0 Å². The molecule has 5 heteroatoms. The summed E-state index contributed by atoms with van der Waals surface area (Å²) < 4.78 is 0. The van der Waals surface area contributed by atoms with Gasteiger partial charge in [0, 0.05) is 17.1 Å². The Morgan fingerprint density at radius 3 is 2.12 bits per heavy atom. The Hall–Kier alpha value is -0.0905. The van der Waals surface area contributed by atoms with E-state index < -0.39 is 18.6 Å². The molecule has 4 N–H and O–H groups in total. The van der Waals surface area contributed by atoms with E-state index in [2.05, 4.69) is 0 Å². The van der Waals surface area contributed by atoms with Gasteiger partial charge in [0.15, 0.2) is 0 Å². The van der Waals surface area contributed by atoms with Crippen molar-refractivity contribution in [2.45, 2.75) is 6.04 Å². The van der Waals surface area contributed by atoms with Gasteiger partial charge in [-0.3, -0.25) is 4.79 Å². The standard InChI is InChI=1S/C3H7NO3.Cu/c4-2(1-5)3(6)7;/h2,5H,1,4H2,(H,6,7);/t2-;/m0./s1. The maximum atomic E-state index is 9.65.